The quantitative estimate of drug-likeness (QED) is 0.315. The third kappa shape index (κ3) is 6.97. The van der Waals surface area contributed by atoms with E-state index in [1.807, 2.05) is 0 Å². The number of aliphatic hydroxyl groups excluding tert-OH is 1. The summed E-state index contributed by atoms with van der Waals surface area (Å²) < 4.78 is 40.8. The van der Waals surface area contributed by atoms with Crippen molar-refractivity contribution >= 4 is 29.1 Å². The van der Waals surface area contributed by atoms with Crippen LogP contribution in [0.2, 0.25) is 0 Å². The van der Waals surface area contributed by atoms with Gasteiger partial charge in [0.1, 0.15) is 17.5 Å². The first-order valence-electron chi connectivity index (χ1n) is 8.83. The van der Waals surface area contributed by atoms with Gasteiger partial charge >= 0.3 is 13.6 Å². The lowest BCUT2D eigenvalue weighted by atomic mass is 9.85. The highest BCUT2D eigenvalue weighted by atomic mass is 32.2. The molecule has 1 radical (unpaired) electrons. The Morgan fingerprint density at radius 2 is 2.11 bits per heavy atom. The van der Waals surface area contributed by atoms with Gasteiger partial charge in [0.2, 0.25) is 10.0 Å². The third-order valence-corrected chi connectivity index (χ3v) is 4.36. The van der Waals surface area contributed by atoms with Gasteiger partial charge in [0, 0.05) is 6.54 Å². The first kappa shape index (κ1) is 22.5. The minimum absolute atomic E-state index is 0.273. The van der Waals surface area contributed by atoms with E-state index < -0.39 is 34.0 Å². The van der Waals surface area contributed by atoms with E-state index in [1.54, 1.807) is 39.0 Å². The molecule has 0 fully saturated rings. The molecule has 2 unspecified atom stereocenters. The third-order valence-electron chi connectivity index (χ3n) is 3.63. The zero-order valence-electron chi connectivity index (χ0n) is 16.4. The maximum atomic E-state index is 11.8. The van der Waals surface area contributed by atoms with Crippen LogP contribution in [0.4, 0.5) is 4.79 Å². The summed E-state index contributed by atoms with van der Waals surface area (Å²) in [5.41, 5.74) is 0.640. The summed E-state index contributed by atoms with van der Waals surface area (Å²) in [7, 11) is -1.76. The normalized spacial score (nSPS) is 17.4. The minimum Gasteiger partial charge on any atom is -0.494 e. The van der Waals surface area contributed by atoms with E-state index in [1.165, 1.54) is 7.48 Å². The Morgan fingerprint density at radius 1 is 1.39 bits per heavy atom. The Balaban J connectivity index is 1.94. The van der Waals surface area contributed by atoms with Gasteiger partial charge in [-0.05, 0) is 44.3 Å². The van der Waals surface area contributed by atoms with Crippen LogP contribution in [-0.2, 0) is 19.4 Å². The van der Waals surface area contributed by atoms with Crippen LogP contribution >= 0.6 is 0 Å². The van der Waals surface area contributed by atoms with Gasteiger partial charge in [-0.3, -0.25) is 5.32 Å². The molecule has 0 bridgehead atoms. The Labute approximate surface area is 166 Å². The highest BCUT2D eigenvalue weighted by Crippen LogP contribution is 2.27. The number of hydrogen-bond donors (Lipinski definition) is 3. The predicted octanol–water partition coefficient (Wildman–Crippen LogP) is 0.164. The van der Waals surface area contributed by atoms with E-state index in [4.69, 9.17) is 14.1 Å². The molecule has 1 amide bonds. The lowest BCUT2D eigenvalue weighted by Gasteiger charge is -2.24. The first-order chi connectivity index (χ1) is 13.0. The van der Waals surface area contributed by atoms with E-state index >= 15 is 0 Å². The number of alkyl carbamates (subject to hydrolysis) is 1. The van der Waals surface area contributed by atoms with Crippen LogP contribution in [0.3, 0.4) is 0 Å². The second-order valence-electron chi connectivity index (χ2n) is 7.39. The molecule has 0 spiro atoms. The molecule has 155 valence electrons. The Hall–Kier alpha value is -1.82. The average Bonchev–Trinajstić information content (AvgIpc) is 2.96. The van der Waals surface area contributed by atoms with Gasteiger partial charge in [0.05, 0.1) is 12.9 Å². The maximum Gasteiger partial charge on any atom is 0.409 e. The molecule has 0 saturated carbocycles. The molecule has 0 aromatic heterocycles. The number of aliphatic hydroxyl groups is 1. The molecular formula is C17H26BN2O7S. The number of sulfonamides is 1. The summed E-state index contributed by atoms with van der Waals surface area (Å²) in [6, 6.07) is 5.26. The number of carbonyl (C=O) groups is 1. The summed E-state index contributed by atoms with van der Waals surface area (Å²) in [5, 5.41) is 12.7. The van der Waals surface area contributed by atoms with Crippen LogP contribution in [-0.4, -0.2) is 58.3 Å². The standard InChI is InChI=1S/C17H26BN2O7S/c1-17(2,3)26-16(22)20-15(21)14-11-7-5-8-12(13(11)18-27-14)25-10-6-9-19-28(4,23)24/h5,7-8,14-15,19,21H,6,9-10H2,1-4H3,(H,20,22). The number of rotatable bonds is 8. The average molecular weight is 413 g/mol. The lowest BCUT2D eigenvalue weighted by molar-refractivity contribution is -0.000296. The van der Waals surface area contributed by atoms with Crippen LogP contribution in [0.15, 0.2) is 18.2 Å². The number of hydrogen-bond acceptors (Lipinski definition) is 7. The van der Waals surface area contributed by atoms with Crippen molar-refractivity contribution in [3.8, 4) is 5.75 Å². The van der Waals surface area contributed by atoms with Crippen LogP contribution in [0.1, 0.15) is 38.9 Å². The molecule has 0 aliphatic carbocycles. The van der Waals surface area contributed by atoms with Gasteiger partial charge in [0.25, 0.3) is 0 Å². The maximum absolute atomic E-state index is 11.8. The van der Waals surface area contributed by atoms with E-state index in [0.29, 0.717) is 29.8 Å². The number of amides is 1. The summed E-state index contributed by atoms with van der Waals surface area (Å²) in [4.78, 5) is 11.8. The van der Waals surface area contributed by atoms with Crippen LogP contribution in [0, 0.1) is 0 Å². The molecule has 1 heterocycles. The Bertz CT molecular complexity index is 795. The fraction of sp³-hybridized carbons (Fsp3) is 0.588. The predicted molar refractivity (Wildman–Crippen MR) is 104 cm³/mol. The minimum atomic E-state index is -3.22. The molecule has 9 nitrogen and oxygen atoms in total. The molecule has 1 aliphatic rings. The van der Waals surface area contributed by atoms with E-state index in [9.17, 15) is 18.3 Å². The Morgan fingerprint density at radius 3 is 2.75 bits per heavy atom. The summed E-state index contributed by atoms with van der Waals surface area (Å²) in [6.45, 7) is 5.75. The SMILES string of the molecule is CC(C)(C)OC(=O)NC(O)C1O[B]c2c(OCCCNS(C)(=O)=O)cccc21. The topological polar surface area (TPSA) is 123 Å². The number of benzene rings is 1. The van der Waals surface area contributed by atoms with Crippen molar-refractivity contribution in [1.82, 2.24) is 10.0 Å². The number of carbonyl (C=O) groups excluding carboxylic acids is 1. The van der Waals surface area contributed by atoms with Crippen molar-refractivity contribution in [3.63, 3.8) is 0 Å². The lowest BCUT2D eigenvalue weighted by Crippen LogP contribution is -2.42. The number of fused-ring (bicyclic) bond motifs is 1. The molecule has 1 aromatic rings. The van der Waals surface area contributed by atoms with Crippen molar-refractivity contribution < 1.29 is 32.4 Å². The van der Waals surface area contributed by atoms with Gasteiger partial charge in [-0.2, -0.15) is 0 Å². The highest BCUT2D eigenvalue weighted by molar-refractivity contribution is 7.88. The van der Waals surface area contributed by atoms with Crippen molar-refractivity contribution in [3.05, 3.63) is 23.8 Å². The molecule has 3 N–H and O–H groups in total. The van der Waals surface area contributed by atoms with Crippen LogP contribution in [0.25, 0.3) is 0 Å². The molecular weight excluding hydrogens is 387 g/mol. The van der Waals surface area contributed by atoms with E-state index in [0.717, 1.165) is 6.26 Å². The molecule has 11 heteroatoms. The van der Waals surface area contributed by atoms with Gasteiger partial charge in [0.15, 0.2) is 6.23 Å². The van der Waals surface area contributed by atoms with Crippen molar-refractivity contribution in [2.24, 2.45) is 0 Å². The van der Waals surface area contributed by atoms with Gasteiger partial charge < -0.3 is 19.2 Å². The molecule has 1 aromatic carbocycles. The zero-order chi connectivity index (χ0) is 20.9. The molecule has 1 aliphatic heterocycles. The van der Waals surface area contributed by atoms with Gasteiger partial charge in [-0.1, -0.05) is 12.1 Å². The van der Waals surface area contributed by atoms with Crippen LogP contribution < -0.4 is 20.2 Å². The second-order valence-corrected chi connectivity index (χ2v) is 9.23. The van der Waals surface area contributed by atoms with E-state index in [-0.39, 0.29) is 6.54 Å². The monoisotopic (exact) mass is 413 g/mol. The zero-order valence-corrected chi connectivity index (χ0v) is 17.2. The van der Waals surface area contributed by atoms with Gasteiger partial charge in [-0.15, -0.1) is 0 Å². The van der Waals surface area contributed by atoms with E-state index in [2.05, 4.69) is 10.0 Å². The number of nitrogens with one attached hydrogen (secondary N) is 2. The molecule has 28 heavy (non-hydrogen) atoms. The number of ether oxygens (including phenoxy) is 2. The Kier molecular flexibility index (Phi) is 7.32. The largest absolute Gasteiger partial charge is 0.494 e. The van der Waals surface area contributed by atoms with Crippen molar-refractivity contribution in [2.75, 3.05) is 19.4 Å². The summed E-state index contributed by atoms with van der Waals surface area (Å²) >= 11 is 0. The van der Waals surface area contributed by atoms with Gasteiger partial charge in [-0.25, -0.2) is 17.9 Å². The smallest absolute Gasteiger partial charge is 0.409 e. The summed E-state index contributed by atoms with van der Waals surface area (Å²) in [5.74, 6) is 0.545. The fourth-order valence-electron chi connectivity index (χ4n) is 2.54. The summed E-state index contributed by atoms with van der Waals surface area (Å²) in [6.07, 6.45) is -1.26. The molecule has 0 saturated heterocycles. The van der Waals surface area contributed by atoms with Crippen molar-refractivity contribution in [1.29, 1.82) is 0 Å². The van der Waals surface area contributed by atoms with Crippen molar-refractivity contribution in [2.45, 2.75) is 45.1 Å². The fourth-order valence-corrected chi connectivity index (χ4v) is 3.05. The molecule has 2 atom stereocenters. The molecule has 2 rings (SSSR count). The second kappa shape index (κ2) is 9.12. The van der Waals surface area contributed by atoms with Crippen LogP contribution in [0.5, 0.6) is 5.75 Å². The first-order valence-corrected chi connectivity index (χ1v) is 10.7. The highest BCUT2D eigenvalue weighted by Gasteiger charge is 2.34.